The van der Waals surface area contributed by atoms with Crippen LogP contribution in [0.4, 0.5) is 0 Å². The minimum atomic E-state index is -1.00. The van der Waals surface area contributed by atoms with Crippen molar-refractivity contribution in [3.63, 3.8) is 0 Å². The maximum Gasteiger partial charge on any atom is 0.326 e. The molecule has 2 rings (SSSR count). The smallest absolute Gasteiger partial charge is 0.326 e. The van der Waals surface area contributed by atoms with Crippen LogP contribution in [-0.2, 0) is 9.59 Å². The number of amides is 2. The summed E-state index contributed by atoms with van der Waals surface area (Å²) in [5.74, 6) is -1.30. The average Bonchev–Trinajstić information content (AvgIpc) is 2.61. The monoisotopic (exact) mass is 346 g/mol. The van der Waals surface area contributed by atoms with E-state index in [9.17, 15) is 19.5 Å². The number of hydrogen-bond acceptors (Lipinski definition) is 3. The SMILES string of the molecule is CC(C)C[C@@H](NC(=O)C1CCN(C(=O)c2ccccc2)CC1)C(=O)O. The van der Waals surface area contributed by atoms with Gasteiger partial charge in [0.05, 0.1) is 0 Å². The van der Waals surface area contributed by atoms with Crippen molar-refractivity contribution in [2.75, 3.05) is 13.1 Å². The number of hydrogen-bond donors (Lipinski definition) is 2. The average molecular weight is 346 g/mol. The summed E-state index contributed by atoms with van der Waals surface area (Å²) in [5.41, 5.74) is 0.647. The standard InChI is InChI=1S/C19H26N2O4/c1-13(2)12-16(19(24)25)20-17(22)14-8-10-21(11-9-14)18(23)15-6-4-3-5-7-15/h3-7,13-14,16H,8-12H2,1-2H3,(H,20,22)(H,24,25)/t16-/m1/s1. The fourth-order valence-corrected chi connectivity index (χ4v) is 3.09. The summed E-state index contributed by atoms with van der Waals surface area (Å²) in [7, 11) is 0. The van der Waals surface area contributed by atoms with E-state index in [1.54, 1.807) is 17.0 Å². The zero-order valence-corrected chi connectivity index (χ0v) is 14.8. The molecule has 0 unspecified atom stereocenters. The molecular weight excluding hydrogens is 320 g/mol. The van der Waals surface area contributed by atoms with Gasteiger partial charge in [-0.15, -0.1) is 0 Å². The van der Waals surface area contributed by atoms with Gasteiger partial charge >= 0.3 is 5.97 Å². The van der Waals surface area contributed by atoms with E-state index in [4.69, 9.17) is 0 Å². The lowest BCUT2D eigenvalue weighted by molar-refractivity contribution is -0.143. The highest BCUT2D eigenvalue weighted by Crippen LogP contribution is 2.20. The van der Waals surface area contributed by atoms with E-state index in [-0.39, 0.29) is 23.7 Å². The summed E-state index contributed by atoms with van der Waals surface area (Å²) < 4.78 is 0. The third-order valence-corrected chi connectivity index (χ3v) is 4.50. The van der Waals surface area contributed by atoms with Crippen LogP contribution in [0.3, 0.4) is 0 Å². The molecule has 25 heavy (non-hydrogen) atoms. The molecule has 1 aliphatic rings. The molecule has 1 atom stereocenters. The quantitative estimate of drug-likeness (QED) is 0.826. The molecule has 0 radical (unpaired) electrons. The summed E-state index contributed by atoms with van der Waals surface area (Å²) in [6.45, 7) is 4.87. The Labute approximate surface area is 148 Å². The van der Waals surface area contributed by atoms with Crippen molar-refractivity contribution in [1.29, 1.82) is 0 Å². The molecule has 0 bridgehead atoms. The summed E-state index contributed by atoms with van der Waals surface area (Å²) in [6, 6.07) is 8.23. The number of aliphatic carboxylic acids is 1. The lowest BCUT2D eigenvalue weighted by Crippen LogP contribution is -2.47. The molecule has 1 fully saturated rings. The zero-order valence-electron chi connectivity index (χ0n) is 14.8. The van der Waals surface area contributed by atoms with Gasteiger partial charge in [-0.1, -0.05) is 32.0 Å². The lowest BCUT2D eigenvalue weighted by atomic mass is 9.94. The second kappa shape index (κ2) is 8.65. The summed E-state index contributed by atoms with van der Waals surface area (Å²) in [5, 5.41) is 11.9. The number of rotatable bonds is 6. The van der Waals surface area contributed by atoms with Crippen molar-refractivity contribution in [1.82, 2.24) is 10.2 Å². The molecule has 2 amide bonds. The molecule has 6 nitrogen and oxygen atoms in total. The van der Waals surface area contributed by atoms with Gasteiger partial charge in [0.2, 0.25) is 5.91 Å². The van der Waals surface area contributed by atoms with E-state index in [0.29, 0.717) is 37.9 Å². The van der Waals surface area contributed by atoms with Gasteiger partial charge < -0.3 is 15.3 Å². The van der Waals surface area contributed by atoms with Crippen LogP contribution in [-0.4, -0.2) is 46.9 Å². The van der Waals surface area contributed by atoms with E-state index in [1.807, 2.05) is 32.0 Å². The van der Waals surface area contributed by atoms with Crippen LogP contribution in [0.1, 0.15) is 43.5 Å². The number of likely N-dealkylation sites (tertiary alicyclic amines) is 1. The number of carbonyl (C=O) groups is 3. The minimum absolute atomic E-state index is 0.0253. The Hall–Kier alpha value is -2.37. The van der Waals surface area contributed by atoms with Crippen LogP contribution < -0.4 is 5.32 Å². The van der Waals surface area contributed by atoms with Gasteiger partial charge in [0.25, 0.3) is 5.91 Å². The predicted molar refractivity (Wildman–Crippen MR) is 94.1 cm³/mol. The number of carboxylic acids is 1. The normalized spacial score (nSPS) is 16.5. The van der Waals surface area contributed by atoms with E-state index in [1.165, 1.54) is 0 Å². The minimum Gasteiger partial charge on any atom is -0.480 e. The molecule has 1 saturated heterocycles. The summed E-state index contributed by atoms with van der Waals surface area (Å²) in [6.07, 6.45) is 1.52. The molecule has 6 heteroatoms. The molecule has 0 spiro atoms. The van der Waals surface area contributed by atoms with Crippen molar-refractivity contribution >= 4 is 17.8 Å². The first-order chi connectivity index (χ1) is 11.9. The molecule has 0 saturated carbocycles. The van der Waals surface area contributed by atoms with Gasteiger partial charge in [0.15, 0.2) is 0 Å². The number of carbonyl (C=O) groups excluding carboxylic acids is 2. The van der Waals surface area contributed by atoms with Crippen molar-refractivity contribution < 1.29 is 19.5 Å². The molecule has 136 valence electrons. The summed E-state index contributed by atoms with van der Waals surface area (Å²) >= 11 is 0. The fourth-order valence-electron chi connectivity index (χ4n) is 3.09. The zero-order chi connectivity index (χ0) is 18.4. The molecule has 1 aromatic carbocycles. The van der Waals surface area contributed by atoms with E-state index in [2.05, 4.69) is 5.32 Å². The second-order valence-electron chi connectivity index (χ2n) is 6.96. The topological polar surface area (TPSA) is 86.7 Å². The van der Waals surface area contributed by atoms with Crippen LogP contribution in [0.15, 0.2) is 30.3 Å². The Balaban J connectivity index is 1.87. The Morgan fingerprint density at radius 3 is 2.28 bits per heavy atom. The number of nitrogens with one attached hydrogen (secondary N) is 1. The first-order valence-electron chi connectivity index (χ1n) is 8.76. The van der Waals surface area contributed by atoms with Gasteiger partial charge in [-0.2, -0.15) is 0 Å². The largest absolute Gasteiger partial charge is 0.480 e. The van der Waals surface area contributed by atoms with Gasteiger partial charge in [0.1, 0.15) is 6.04 Å². The predicted octanol–water partition coefficient (Wildman–Crippen LogP) is 2.15. The van der Waals surface area contributed by atoms with Gasteiger partial charge in [-0.3, -0.25) is 9.59 Å². The first kappa shape index (κ1) is 19.0. The lowest BCUT2D eigenvalue weighted by Gasteiger charge is -2.32. The van der Waals surface area contributed by atoms with Crippen molar-refractivity contribution in [3.05, 3.63) is 35.9 Å². The molecule has 2 N–H and O–H groups in total. The second-order valence-corrected chi connectivity index (χ2v) is 6.96. The van der Waals surface area contributed by atoms with Crippen molar-refractivity contribution in [2.24, 2.45) is 11.8 Å². The number of carboxylic acid groups (broad SMARTS) is 1. The third-order valence-electron chi connectivity index (χ3n) is 4.50. The first-order valence-corrected chi connectivity index (χ1v) is 8.76. The van der Waals surface area contributed by atoms with E-state index < -0.39 is 12.0 Å². The molecular formula is C19H26N2O4. The molecule has 0 aromatic heterocycles. The van der Waals surface area contributed by atoms with Crippen LogP contribution in [0.2, 0.25) is 0 Å². The highest BCUT2D eigenvalue weighted by Gasteiger charge is 2.30. The summed E-state index contributed by atoms with van der Waals surface area (Å²) in [4.78, 5) is 37.8. The molecule has 0 aliphatic carbocycles. The van der Waals surface area contributed by atoms with Crippen LogP contribution in [0, 0.1) is 11.8 Å². The van der Waals surface area contributed by atoms with Crippen molar-refractivity contribution in [3.8, 4) is 0 Å². The maximum atomic E-state index is 12.4. The Morgan fingerprint density at radius 2 is 1.76 bits per heavy atom. The van der Waals surface area contributed by atoms with Crippen LogP contribution in [0.5, 0.6) is 0 Å². The van der Waals surface area contributed by atoms with E-state index >= 15 is 0 Å². The molecule has 1 heterocycles. The number of nitrogens with zero attached hydrogens (tertiary/aromatic N) is 1. The van der Waals surface area contributed by atoms with Gasteiger partial charge in [-0.05, 0) is 37.3 Å². The maximum absolute atomic E-state index is 12.4. The Bertz CT molecular complexity index is 607. The van der Waals surface area contributed by atoms with Gasteiger partial charge in [0, 0.05) is 24.6 Å². The van der Waals surface area contributed by atoms with Crippen molar-refractivity contribution in [2.45, 2.75) is 39.2 Å². The third kappa shape index (κ3) is 5.31. The molecule has 1 aliphatic heterocycles. The number of benzene rings is 1. The highest BCUT2D eigenvalue weighted by atomic mass is 16.4. The Morgan fingerprint density at radius 1 is 1.16 bits per heavy atom. The molecule has 1 aromatic rings. The fraction of sp³-hybridized carbons (Fsp3) is 0.526. The Kier molecular flexibility index (Phi) is 6.56. The van der Waals surface area contributed by atoms with Gasteiger partial charge in [-0.25, -0.2) is 4.79 Å². The van der Waals surface area contributed by atoms with E-state index in [0.717, 1.165) is 0 Å². The highest BCUT2D eigenvalue weighted by molar-refractivity contribution is 5.94. The van der Waals surface area contributed by atoms with Crippen LogP contribution in [0.25, 0.3) is 0 Å². The number of piperidine rings is 1. The van der Waals surface area contributed by atoms with Crippen LogP contribution >= 0.6 is 0 Å².